The second kappa shape index (κ2) is 38.5. The number of hydrogen-bond acceptors (Lipinski definition) is 8. The van der Waals surface area contributed by atoms with E-state index in [9.17, 15) is 30.0 Å². The normalized spacial score (nSPS) is 14.5. The van der Waals surface area contributed by atoms with E-state index in [1.165, 1.54) is 102 Å². The molecule has 4 atom stereocenters. The van der Waals surface area contributed by atoms with Gasteiger partial charge in [-0.1, -0.05) is 191 Å². The van der Waals surface area contributed by atoms with E-state index < -0.39 is 37.0 Å². The second-order valence-electron chi connectivity index (χ2n) is 14.3. The fourth-order valence-electron chi connectivity index (χ4n) is 5.88. The van der Waals surface area contributed by atoms with Crippen molar-refractivity contribution >= 4 is 11.9 Å². The third-order valence-electron chi connectivity index (χ3n) is 9.24. The maximum Gasteiger partial charge on any atom is 0.306 e. The maximum absolute atomic E-state index is 12.2. The number of aliphatic hydroxyl groups excluding tert-OH is 4. The molecule has 0 spiro atoms. The largest absolute Gasteiger partial charge is 0.462 e. The minimum atomic E-state index is -1.09. The molecule has 0 aromatic rings. The zero-order valence-electron chi connectivity index (χ0n) is 33.1. The Bertz CT molecular complexity index is 927. The molecule has 0 heterocycles. The molecule has 0 aromatic heterocycles. The molecule has 302 valence electrons. The number of aliphatic hydroxyl groups is 4. The van der Waals surface area contributed by atoms with Gasteiger partial charge in [-0.05, 0) is 25.7 Å². The van der Waals surface area contributed by atoms with E-state index >= 15 is 0 Å². The zero-order chi connectivity index (χ0) is 38.3. The average molecular weight is 735 g/mol. The summed E-state index contributed by atoms with van der Waals surface area (Å²) in [4.78, 5) is 24.3. The van der Waals surface area contributed by atoms with Gasteiger partial charge in [0.15, 0.2) is 6.10 Å². The van der Waals surface area contributed by atoms with Crippen LogP contribution in [-0.2, 0) is 19.1 Å². The van der Waals surface area contributed by atoms with Crippen LogP contribution in [0.25, 0.3) is 0 Å². The maximum atomic E-state index is 12.2. The Morgan fingerprint density at radius 1 is 0.519 bits per heavy atom. The second-order valence-corrected chi connectivity index (χ2v) is 14.3. The lowest BCUT2D eigenvalue weighted by Gasteiger charge is -2.17. The first-order chi connectivity index (χ1) is 25.3. The molecule has 4 N–H and O–H groups in total. The van der Waals surface area contributed by atoms with Crippen molar-refractivity contribution in [2.24, 2.45) is 0 Å². The van der Waals surface area contributed by atoms with E-state index in [0.717, 1.165) is 44.9 Å². The lowest BCUT2D eigenvalue weighted by atomic mass is 10.0. The fourth-order valence-corrected chi connectivity index (χ4v) is 5.88. The van der Waals surface area contributed by atoms with Crippen molar-refractivity contribution in [2.45, 2.75) is 205 Å². The molecule has 0 bridgehead atoms. The summed E-state index contributed by atoms with van der Waals surface area (Å²) in [6.45, 7) is 3.76. The highest BCUT2D eigenvalue weighted by atomic mass is 16.6. The van der Waals surface area contributed by atoms with Crippen LogP contribution < -0.4 is 0 Å². The molecule has 52 heavy (non-hydrogen) atoms. The number of allylic oxidation sites excluding steroid dienone is 6. The molecule has 8 heteroatoms. The lowest BCUT2D eigenvalue weighted by Crippen LogP contribution is -2.29. The van der Waals surface area contributed by atoms with Crippen molar-refractivity contribution in [3.63, 3.8) is 0 Å². The summed E-state index contributed by atoms with van der Waals surface area (Å²) in [5, 5.41) is 39.8. The molecule has 0 aliphatic carbocycles. The van der Waals surface area contributed by atoms with Crippen LogP contribution in [0, 0.1) is 0 Å². The van der Waals surface area contributed by atoms with Crippen LogP contribution in [0.5, 0.6) is 0 Å². The summed E-state index contributed by atoms with van der Waals surface area (Å²) in [6, 6.07) is 0. The van der Waals surface area contributed by atoms with E-state index in [2.05, 4.69) is 13.8 Å². The minimum Gasteiger partial charge on any atom is -0.462 e. The summed E-state index contributed by atoms with van der Waals surface area (Å²) in [5.41, 5.74) is 0. The summed E-state index contributed by atoms with van der Waals surface area (Å²) >= 11 is 0. The van der Waals surface area contributed by atoms with Crippen molar-refractivity contribution in [2.75, 3.05) is 13.2 Å². The van der Waals surface area contributed by atoms with Gasteiger partial charge in [-0.15, -0.1) is 0 Å². The highest BCUT2D eigenvalue weighted by molar-refractivity contribution is 5.70. The van der Waals surface area contributed by atoms with Crippen molar-refractivity contribution in [1.29, 1.82) is 0 Å². The molecule has 0 amide bonds. The Morgan fingerprint density at radius 2 is 0.962 bits per heavy atom. The van der Waals surface area contributed by atoms with Crippen LogP contribution in [0.1, 0.15) is 181 Å². The Balaban J connectivity index is 3.85. The van der Waals surface area contributed by atoms with E-state index in [1.54, 1.807) is 36.5 Å². The topological polar surface area (TPSA) is 134 Å². The van der Waals surface area contributed by atoms with Gasteiger partial charge in [0.05, 0.1) is 24.9 Å². The quantitative estimate of drug-likeness (QED) is 0.0282. The molecule has 0 aromatic carbocycles. The zero-order valence-corrected chi connectivity index (χ0v) is 33.1. The lowest BCUT2D eigenvalue weighted by molar-refractivity contribution is -0.161. The van der Waals surface area contributed by atoms with Crippen LogP contribution >= 0.6 is 0 Å². The third kappa shape index (κ3) is 34.8. The Hall–Kier alpha value is -2.26. The molecule has 0 aliphatic rings. The Labute approximate surface area is 317 Å². The van der Waals surface area contributed by atoms with Gasteiger partial charge in [-0.2, -0.15) is 0 Å². The van der Waals surface area contributed by atoms with Crippen molar-refractivity contribution < 1.29 is 39.5 Å². The van der Waals surface area contributed by atoms with Crippen LogP contribution in [0.3, 0.4) is 0 Å². The van der Waals surface area contributed by atoms with Crippen molar-refractivity contribution in [3.05, 3.63) is 48.6 Å². The van der Waals surface area contributed by atoms with Gasteiger partial charge < -0.3 is 29.9 Å². The molecule has 0 unspecified atom stereocenters. The van der Waals surface area contributed by atoms with Gasteiger partial charge in [0, 0.05) is 12.8 Å². The highest BCUT2D eigenvalue weighted by Crippen LogP contribution is 2.15. The number of hydrogen-bond donors (Lipinski definition) is 4. The summed E-state index contributed by atoms with van der Waals surface area (Å²) in [7, 11) is 0. The van der Waals surface area contributed by atoms with Crippen LogP contribution in [0.2, 0.25) is 0 Å². The van der Waals surface area contributed by atoms with Gasteiger partial charge in [-0.3, -0.25) is 9.59 Å². The fraction of sp³-hybridized carbons (Fsp3) is 0.773. The molecule has 0 saturated heterocycles. The Kier molecular flexibility index (Phi) is 36.8. The van der Waals surface area contributed by atoms with E-state index in [-0.39, 0.29) is 31.8 Å². The first-order valence-corrected chi connectivity index (χ1v) is 21.0. The van der Waals surface area contributed by atoms with Crippen LogP contribution in [0.4, 0.5) is 0 Å². The number of carbonyl (C=O) groups excluding carboxylic acids is 2. The number of ether oxygens (including phenoxy) is 2. The molecule has 0 radical (unpaired) electrons. The smallest absolute Gasteiger partial charge is 0.306 e. The molecular formula is C44H78O8. The summed E-state index contributed by atoms with van der Waals surface area (Å²) in [5.74, 6) is -0.917. The molecule has 0 rings (SSSR count). The third-order valence-corrected chi connectivity index (χ3v) is 9.24. The number of rotatable bonds is 37. The van der Waals surface area contributed by atoms with Gasteiger partial charge in [0.25, 0.3) is 0 Å². The van der Waals surface area contributed by atoms with Gasteiger partial charge in [0.2, 0.25) is 0 Å². The number of carbonyl (C=O) groups is 2. The highest BCUT2D eigenvalue weighted by Gasteiger charge is 2.18. The first-order valence-electron chi connectivity index (χ1n) is 21.0. The van der Waals surface area contributed by atoms with Gasteiger partial charge in [0.1, 0.15) is 6.61 Å². The predicted molar refractivity (Wildman–Crippen MR) is 214 cm³/mol. The van der Waals surface area contributed by atoms with Crippen molar-refractivity contribution in [3.8, 4) is 0 Å². The molecular weight excluding hydrogens is 656 g/mol. The van der Waals surface area contributed by atoms with Crippen LogP contribution in [0.15, 0.2) is 48.6 Å². The number of unbranched alkanes of at least 4 members (excludes halogenated alkanes) is 19. The summed E-state index contributed by atoms with van der Waals surface area (Å²) in [6.07, 6.45) is 38.3. The van der Waals surface area contributed by atoms with E-state index in [1.807, 2.05) is 6.08 Å². The summed E-state index contributed by atoms with van der Waals surface area (Å²) < 4.78 is 10.5. The Morgan fingerprint density at radius 3 is 1.48 bits per heavy atom. The first kappa shape index (κ1) is 49.7. The molecule has 0 aliphatic heterocycles. The van der Waals surface area contributed by atoms with Crippen LogP contribution in [-0.4, -0.2) is 70.0 Å². The monoisotopic (exact) mass is 735 g/mol. The van der Waals surface area contributed by atoms with Gasteiger partial charge in [-0.25, -0.2) is 0 Å². The molecule has 0 saturated carbocycles. The average Bonchev–Trinajstić information content (AvgIpc) is 3.13. The van der Waals surface area contributed by atoms with Crippen molar-refractivity contribution in [1.82, 2.24) is 0 Å². The standard InChI is InChI=1S/C44H78O8/c1-3-5-7-8-9-10-11-12-13-14-15-16-17-18-19-20-25-29-35-43(49)51-38-40(37-45)52-44(50)36-30-34-42(48)41(47)33-28-24-22-21-23-27-32-39(46)31-26-6-4-2/h21-24,27-28,32-33,39-42,45-48H,3-20,25-26,29-31,34-38H2,1-2H3/b23-21-,24-22+,32-27+,33-28+/t39-,40-,41-,42-/m0/s1. The number of esters is 2. The van der Waals surface area contributed by atoms with E-state index in [4.69, 9.17) is 9.47 Å². The minimum absolute atomic E-state index is 0.00274. The SMILES string of the molecule is CCCCCCCCCCCCCCCCCCCCC(=O)OC[C@H](CO)OC(=O)CCC[C@H](O)[C@@H](O)/C=C/C=C/C=C\C=C\[C@@H](O)CCCCC. The van der Waals surface area contributed by atoms with E-state index in [0.29, 0.717) is 6.42 Å². The molecule has 0 fully saturated rings. The predicted octanol–water partition coefficient (Wildman–Crippen LogP) is 9.92. The molecule has 8 nitrogen and oxygen atoms in total. The van der Waals surface area contributed by atoms with Gasteiger partial charge >= 0.3 is 11.9 Å².